The number of aromatic nitrogens is 2. The fourth-order valence-electron chi connectivity index (χ4n) is 1.03. The summed E-state index contributed by atoms with van der Waals surface area (Å²) in [7, 11) is 0. The van der Waals surface area contributed by atoms with Gasteiger partial charge in [-0.3, -0.25) is 0 Å². The van der Waals surface area contributed by atoms with Crippen molar-refractivity contribution < 1.29 is 0 Å². The minimum Gasteiger partial charge on any atom is -0.239 e. The Kier molecular flexibility index (Phi) is 2.25. The van der Waals surface area contributed by atoms with Crippen molar-refractivity contribution in [2.75, 3.05) is 0 Å². The van der Waals surface area contributed by atoms with E-state index in [0.717, 1.165) is 5.69 Å². The Bertz CT molecular complexity index is 410. The molecule has 2 nitrogen and oxygen atoms in total. The van der Waals surface area contributed by atoms with Gasteiger partial charge in [-0.1, -0.05) is 29.3 Å². The minimum atomic E-state index is 0.501. The van der Waals surface area contributed by atoms with Crippen LogP contribution in [0.25, 0.3) is 5.69 Å². The molecule has 0 bridgehead atoms. The van der Waals surface area contributed by atoms with Crippen LogP contribution in [0.5, 0.6) is 0 Å². The molecule has 0 aliphatic rings. The molecule has 1 aromatic heterocycles. The Morgan fingerprint density at radius 1 is 1.31 bits per heavy atom. The van der Waals surface area contributed by atoms with Crippen LogP contribution in [0.15, 0.2) is 30.6 Å². The van der Waals surface area contributed by atoms with E-state index in [1.807, 2.05) is 12.1 Å². The highest BCUT2D eigenvalue weighted by atomic mass is 35.5. The van der Waals surface area contributed by atoms with Gasteiger partial charge in [0, 0.05) is 12.3 Å². The summed E-state index contributed by atoms with van der Waals surface area (Å²) in [5, 5.41) is 5.03. The molecule has 0 aliphatic carbocycles. The zero-order valence-corrected chi connectivity index (χ0v) is 8.05. The molecule has 1 radical (unpaired) electrons. The second kappa shape index (κ2) is 3.40. The summed E-state index contributed by atoms with van der Waals surface area (Å²) in [5.74, 6) is 0. The summed E-state index contributed by atoms with van der Waals surface area (Å²) in [6, 6.07) is 8.23. The maximum atomic E-state index is 5.98. The van der Waals surface area contributed by atoms with E-state index in [4.69, 9.17) is 23.2 Å². The van der Waals surface area contributed by atoms with Crippen molar-refractivity contribution in [3.63, 3.8) is 0 Å². The quantitative estimate of drug-likeness (QED) is 0.710. The molecule has 0 atom stereocenters. The van der Waals surface area contributed by atoms with Crippen molar-refractivity contribution >= 4 is 23.2 Å². The number of benzene rings is 1. The van der Waals surface area contributed by atoms with Gasteiger partial charge >= 0.3 is 0 Å². The molecule has 13 heavy (non-hydrogen) atoms. The molecule has 65 valence electrons. The molecular weight excluding hydrogens is 207 g/mol. The van der Waals surface area contributed by atoms with Crippen molar-refractivity contribution in [1.29, 1.82) is 0 Å². The predicted molar refractivity (Wildman–Crippen MR) is 52.4 cm³/mol. The number of halogens is 2. The summed E-state index contributed by atoms with van der Waals surface area (Å²) in [6.45, 7) is 0. The van der Waals surface area contributed by atoms with Crippen LogP contribution >= 0.6 is 23.2 Å². The number of hydrogen-bond acceptors (Lipinski definition) is 1. The Morgan fingerprint density at radius 2 is 2.15 bits per heavy atom. The molecule has 0 saturated heterocycles. The third-order valence-corrected chi connectivity index (χ3v) is 2.44. The van der Waals surface area contributed by atoms with Gasteiger partial charge in [0.05, 0.1) is 21.9 Å². The standard InChI is InChI=1S/C9H5Cl2N2/c10-7-3-1-4-8(9(7)11)13-6-2-5-12-13/h1,3-6H. The van der Waals surface area contributed by atoms with Crippen molar-refractivity contribution in [3.8, 4) is 5.69 Å². The Morgan fingerprint density at radius 3 is 2.85 bits per heavy atom. The van der Waals surface area contributed by atoms with Gasteiger partial charge in [-0.25, -0.2) is 4.68 Å². The highest BCUT2D eigenvalue weighted by Gasteiger charge is 2.05. The summed E-state index contributed by atoms with van der Waals surface area (Å²) in [4.78, 5) is 0. The van der Waals surface area contributed by atoms with E-state index in [1.54, 1.807) is 23.1 Å². The lowest BCUT2D eigenvalue weighted by molar-refractivity contribution is 0.881. The average molecular weight is 212 g/mol. The smallest absolute Gasteiger partial charge is 0.0849 e. The fraction of sp³-hybridized carbons (Fsp3) is 0. The lowest BCUT2D eigenvalue weighted by atomic mass is 10.3. The molecule has 0 fully saturated rings. The highest BCUT2D eigenvalue weighted by molar-refractivity contribution is 6.43. The van der Waals surface area contributed by atoms with Crippen molar-refractivity contribution in [3.05, 3.63) is 46.7 Å². The molecule has 2 rings (SSSR count). The van der Waals surface area contributed by atoms with Crippen LogP contribution in [0, 0.1) is 6.07 Å². The largest absolute Gasteiger partial charge is 0.239 e. The second-order valence-electron chi connectivity index (χ2n) is 2.46. The maximum Gasteiger partial charge on any atom is 0.0849 e. The monoisotopic (exact) mass is 211 g/mol. The first-order valence-corrected chi connectivity index (χ1v) is 4.40. The van der Waals surface area contributed by atoms with Crippen LogP contribution in [-0.4, -0.2) is 9.78 Å². The molecule has 1 heterocycles. The highest BCUT2D eigenvalue weighted by Crippen LogP contribution is 2.27. The van der Waals surface area contributed by atoms with Gasteiger partial charge in [0.25, 0.3) is 0 Å². The van der Waals surface area contributed by atoms with Crippen LogP contribution in [0.3, 0.4) is 0 Å². The van der Waals surface area contributed by atoms with E-state index in [-0.39, 0.29) is 0 Å². The topological polar surface area (TPSA) is 17.8 Å². The number of rotatable bonds is 1. The van der Waals surface area contributed by atoms with Gasteiger partial charge in [0.2, 0.25) is 0 Å². The third kappa shape index (κ3) is 1.55. The zero-order chi connectivity index (χ0) is 9.26. The summed E-state index contributed by atoms with van der Waals surface area (Å²) >= 11 is 11.8. The first-order chi connectivity index (χ1) is 6.29. The third-order valence-electron chi connectivity index (χ3n) is 1.63. The van der Waals surface area contributed by atoms with Crippen LogP contribution in [-0.2, 0) is 0 Å². The van der Waals surface area contributed by atoms with Crippen molar-refractivity contribution in [2.24, 2.45) is 0 Å². The van der Waals surface area contributed by atoms with E-state index in [0.29, 0.717) is 10.0 Å². The molecule has 0 saturated carbocycles. The van der Waals surface area contributed by atoms with Crippen molar-refractivity contribution in [2.45, 2.75) is 0 Å². The molecule has 2 aromatic rings. The molecular formula is C9H5Cl2N2. The minimum absolute atomic E-state index is 0.501. The van der Waals surface area contributed by atoms with E-state index in [2.05, 4.69) is 11.2 Å². The molecule has 0 amide bonds. The van der Waals surface area contributed by atoms with Crippen molar-refractivity contribution in [1.82, 2.24) is 9.78 Å². The van der Waals surface area contributed by atoms with E-state index >= 15 is 0 Å². The molecule has 0 aliphatic heterocycles. The Labute approximate surface area is 85.7 Å². The SMILES string of the molecule is Clc1cccc(-n2c[c]cn2)c1Cl. The Balaban J connectivity index is 2.59. The maximum absolute atomic E-state index is 5.98. The lowest BCUT2D eigenvalue weighted by Crippen LogP contribution is -1.94. The first-order valence-electron chi connectivity index (χ1n) is 3.64. The summed E-state index contributed by atoms with van der Waals surface area (Å²) < 4.78 is 1.62. The lowest BCUT2D eigenvalue weighted by Gasteiger charge is -2.04. The molecule has 4 heteroatoms. The van der Waals surface area contributed by atoms with E-state index in [9.17, 15) is 0 Å². The average Bonchev–Trinajstić information content (AvgIpc) is 2.62. The molecule has 0 N–H and O–H groups in total. The number of hydrogen-bond donors (Lipinski definition) is 0. The van der Waals surface area contributed by atoms with E-state index in [1.165, 1.54) is 0 Å². The van der Waals surface area contributed by atoms with Crippen LogP contribution < -0.4 is 0 Å². The summed E-state index contributed by atoms with van der Waals surface area (Å²) in [5.41, 5.74) is 0.760. The van der Waals surface area contributed by atoms with Crippen LogP contribution in [0.2, 0.25) is 10.0 Å². The van der Waals surface area contributed by atoms with Gasteiger partial charge in [-0.15, -0.1) is 0 Å². The first kappa shape index (κ1) is 8.60. The van der Waals surface area contributed by atoms with Gasteiger partial charge in [0.1, 0.15) is 0 Å². The normalized spacial score (nSPS) is 10.3. The van der Waals surface area contributed by atoms with E-state index < -0.39 is 0 Å². The molecule has 0 unspecified atom stereocenters. The second-order valence-corrected chi connectivity index (χ2v) is 3.24. The fourth-order valence-corrected chi connectivity index (χ4v) is 1.42. The molecule has 0 spiro atoms. The van der Waals surface area contributed by atoms with Gasteiger partial charge in [-0.2, -0.15) is 5.10 Å². The van der Waals surface area contributed by atoms with Gasteiger partial charge in [-0.05, 0) is 12.1 Å². The van der Waals surface area contributed by atoms with Crippen LogP contribution in [0.4, 0.5) is 0 Å². The van der Waals surface area contributed by atoms with Gasteiger partial charge in [0.15, 0.2) is 0 Å². The van der Waals surface area contributed by atoms with Crippen LogP contribution in [0.1, 0.15) is 0 Å². The predicted octanol–water partition coefficient (Wildman–Crippen LogP) is 2.98. The molecule has 1 aromatic carbocycles. The summed E-state index contributed by atoms with van der Waals surface area (Å²) in [6.07, 6.45) is 3.26. The zero-order valence-electron chi connectivity index (χ0n) is 6.54. The number of nitrogens with zero attached hydrogens (tertiary/aromatic N) is 2. The Hall–Kier alpha value is -0.990. The van der Waals surface area contributed by atoms with Gasteiger partial charge < -0.3 is 0 Å².